The van der Waals surface area contributed by atoms with Crippen LogP contribution in [0.25, 0.3) is 5.69 Å². The van der Waals surface area contributed by atoms with Crippen LogP contribution in [0.1, 0.15) is 5.76 Å². The average molecular weight is 417 g/mol. The molecule has 12 heteroatoms. The number of tetrazole rings is 1. The minimum Gasteiger partial charge on any atom is -0.467 e. The number of carbonyl (C=O) groups is 1. The van der Waals surface area contributed by atoms with E-state index in [4.69, 9.17) is 16.0 Å². The second kappa shape index (κ2) is 8.23. The summed E-state index contributed by atoms with van der Waals surface area (Å²) in [5.41, 5.74) is 1.18. The standard InChI is InChI=1S/C16H13ClN8O2S/c17-11-3-4-14(25-10-18-9-19-25)13(6-11)20-15(26)8-28-16-21-22-23-24(16)7-12-2-1-5-27-12/h1-6,9-10H,7-8H2,(H,20,26). The van der Waals surface area contributed by atoms with Gasteiger partial charge in [-0.25, -0.2) is 14.3 Å². The summed E-state index contributed by atoms with van der Waals surface area (Å²) in [4.78, 5) is 16.4. The number of furan rings is 1. The second-order valence-electron chi connectivity index (χ2n) is 5.54. The number of rotatable bonds is 7. The van der Waals surface area contributed by atoms with Crippen LogP contribution in [0.5, 0.6) is 0 Å². The van der Waals surface area contributed by atoms with E-state index in [0.29, 0.717) is 28.1 Å². The highest BCUT2D eigenvalue weighted by atomic mass is 35.5. The Morgan fingerprint density at radius 3 is 3.04 bits per heavy atom. The van der Waals surface area contributed by atoms with Crippen LogP contribution in [0.3, 0.4) is 0 Å². The molecule has 0 atom stereocenters. The molecule has 0 saturated heterocycles. The van der Waals surface area contributed by atoms with E-state index in [0.717, 1.165) is 5.76 Å². The summed E-state index contributed by atoms with van der Waals surface area (Å²) in [5, 5.41) is 19.5. The second-order valence-corrected chi connectivity index (χ2v) is 6.92. The van der Waals surface area contributed by atoms with Crippen LogP contribution in [0.15, 0.2) is 58.8 Å². The van der Waals surface area contributed by atoms with E-state index < -0.39 is 0 Å². The Balaban J connectivity index is 1.42. The molecule has 28 heavy (non-hydrogen) atoms. The SMILES string of the molecule is O=C(CSc1nnnn1Cc1ccco1)Nc1cc(Cl)ccc1-n1cncn1. The van der Waals surface area contributed by atoms with Gasteiger partial charge < -0.3 is 9.73 Å². The molecule has 0 radical (unpaired) electrons. The maximum atomic E-state index is 12.5. The van der Waals surface area contributed by atoms with Crippen LogP contribution < -0.4 is 5.32 Å². The molecule has 3 heterocycles. The lowest BCUT2D eigenvalue weighted by Crippen LogP contribution is -2.16. The van der Waals surface area contributed by atoms with Gasteiger partial charge >= 0.3 is 0 Å². The number of amides is 1. The average Bonchev–Trinajstić information content (AvgIpc) is 3.44. The number of halogens is 1. The maximum absolute atomic E-state index is 12.5. The molecule has 0 aliphatic rings. The first-order chi connectivity index (χ1) is 13.7. The first-order valence-corrected chi connectivity index (χ1v) is 9.41. The minimum atomic E-state index is -0.235. The van der Waals surface area contributed by atoms with Crippen molar-refractivity contribution in [3.63, 3.8) is 0 Å². The molecule has 0 fully saturated rings. The van der Waals surface area contributed by atoms with Gasteiger partial charge in [0.15, 0.2) is 0 Å². The van der Waals surface area contributed by atoms with Gasteiger partial charge in [-0.2, -0.15) is 5.10 Å². The minimum absolute atomic E-state index is 0.113. The summed E-state index contributed by atoms with van der Waals surface area (Å²) >= 11 is 7.28. The topological polar surface area (TPSA) is 117 Å². The van der Waals surface area contributed by atoms with Gasteiger partial charge in [0, 0.05) is 5.02 Å². The van der Waals surface area contributed by atoms with Crippen molar-refractivity contribution in [2.24, 2.45) is 0 Å². The van der Waals surface area contributed by atoms with Gasteiger partial charge in [-0.15, -0.1) is 5.10 Å². The van der Waals surface area contributed by atoms with Crippen molar-refractivity contribution in [2.45, 2.75) is 11.7 Å². The highest BCUT2D eigenvalue weighted by Crippen LogP contribution is 2.24. The Morgan fingerprint density at radius 1 is 1.32 bits per heavy atom. The number of hydrogen-bond donors (Lipinski definition) is 1. The summed E-state index contributed by atoms with van der Waals surface area (Å²) in [5.74, 6) is 0.596. The highest BCUT2D eigenvalue weighted by molar-refractivity contribution is 7.99. The van der Waals surface area contributed by atoms with Crippen LogP contribution >= 0.6 is 23.4 Å². The van der Waals surface area contributed by atoms with Gasteiger partial charge in [0.25, 0.3) is 0 Å². The number of anilines is 1. The van der Waals surface area contributed by atoms with E-state index in [-0.39, 0.29) is 11.7 Å². The summed E-state index contributed by atoms with van der Waals surface area (Å²) in [6, 6.07) is 8.74. The predicted molar refractivity (Wildman–Crippen MR) is 101 cm³/mol. The van der Waals surface area contributed by atoms with E-state index in [1.165, 1.54) is 24.4 Å². The van der Waals surface area contributed by atoms with Gasteiger partial charge in [0.05, 0.1) is 23.4 Å². The molecular formula is C16H13ClN8O2S. The van der Waals surface area contributed by atoms with Crippen molar-refractivity contribution in [3.05, 3.63) is 60.0 Å². The van der Waals surface area contributed by atoms with Crippen LogP contribution in [0.2, 0.25) is 5.02 Å². The number of benzene rings is 1. The van der Waals surface area contributed by atoms with Crippen molar-refractivity contribution in [1.82, 2.24) is 35.0 Å². The quantitative estimate of drug-likeness (QED) is 0.456. The molecule has 0 aliphatic heterocycles. The zero-order valence-electron chi connectivity index (χ0n) is 14.3. The number of hydrogen-bond acceptors (Lipinski definition) is 8. The lowest BCUT2D eigenvalue weighted by molar-refractivity contribution is -0.113. The first kappa shape index (κ1) is 18.2. The van der Waals surface area contributed by atoms with Gasteiger partial charge in [-0.05, 0) is 40.8 Å². The van der Waals surface area contributed by atoms with Crippen LogP contribution in [-0.4, -0.2) is 46.6 Å². The summed E-state index contributed by atoms with van der Waals surface area (Å²) in [6.07, 6.45) is 4.53. The van der Waals surface area contributed by atoms with Crippen LogP contribution in [0.4, 0.5) is 5.69 Å². The number of aromatic nitrogens is 7. The van der Waals surface area contributed by atoms with Gasteiger partial charge in [-0.1, -0.05) is 23.4 Å². The molecule has 0 unspecified atom stereocenters. The molecule has 0 spiro atoms. The molecule has 142 valence electrons. The zero-order valence-corrected chi connectivity index (χ0v) is 15.8. The van der Waals surface area contributed by atoms with Gasteiger partial charge in [0.2, 0.25) is 11.1 Å². The zero-order chi connectivity index (χ0) is 19.3. The lowest BCUT2D eigenvalue weighted by atomic mass is 10.2. The summed E-state index contributed by atoms with van der Waals surface area (Å²) < 4.78 is 8.41. The van der Waals surface area contributed by atoms with Crippen molar-refractivity contribution >= 4 is 35.0 Å². The Labute approximate surface area is 167 Å². The summed E-state index contributed by atoms with van der Waals surface area (Å²) in [6.45, 7) is 0.384. The smallest absolute Gasteiger partial charge is 0.234 e. The van der Waals surface area contributed by atoms with Gasteiger partial charge in [0.1, 0.15) is 25.0 Å². The third kappa shape index (κ3) is 4.21. The van der Waals surface area contributed by atoms with Crippen LogP contribution in [0, 0.1) is 0 Å². The van der Waals surface area contributed by atoms with E-state index in [2.05, 4.69) is 30.9 Å². The Hall–Kier alpha value is -3.18. The predicted octanol–water partition coefficient (Wildman–Crippen LogP) is 2.28. The van der Waals surface area contributed by atoms with E-state index >= 15 is 0 Å². The largest absolute Gasteiger partial charge is 0.467 e. The van der Waals surface area contributed by atoms with Crippen molar-refractivity contribution in [1.29, 1.82) is 0 Å². The Bertz CT molecular complexity index is 1060. The number of nitrogens with zero attached hydrogens (tertiary/aromatic N) is 7. The summed E-state index contributed by atoms with van der Waals surface area (Å²) in [7, 11) is 0. The number of thioether (sulfide) groups is 1. The van der Waals surface area contributed by atoms with E-state index in [9.17, 15) is 4.79 Å². The molecule has 0 bridgehead atoms. The fraction of sp³-hybridized carbons (Fsp3) is 0.125. The fourth-order valence-electron chi connectivity index (χ4n) is 2.41. The number of nitrogens with one attached hydrogen (secondary N) is 1. The molecule has 1 amide bonds. The third-order valence-corrected chi connectivity index (χ3v) is 4.81. The Morgan fingerprint density at radius 2 is 2.25 bits per heavy atom. The monoisotopic (exact) mass is 416 g/mol. The van der Waals surface area contributed by atoms with Crippen molar-refractivity contribution < 1.29 is 9.21 Å². The molecule has 4 rings (SSSR count). The van der Waals surface area contributed by atoms with Gasteiger partial charge in [-0.3, -0.25) is 4.79 Å². The van der Waals surface area contributed by atoms with E-state index in [1.807, 2.05) is 6.07 Å². The molecule has 0 aliphatic carbocycles. The molecule has 1 aromatic carbocycles. The molecule has 10 nitrogen and oxygen atoms in total. The lowest BCUT2D eigenvalue weighted by Gasteiger charge is -2.11. The fourth-order valence-corrected chi connectivity index (χ4v) is 3.26. The molecular weight excluding hydrogens is 404 g/mol. The first-order valence-electron chi connectivity index (χ1n) is 8.05. The number of carbonyl (C=O) groups excluding carboxylic acids is 1. The Kier molecular flexibility index (Phi) is 5.35. The van der Waals surface area contributed by atoms with Crippen molar-refractivity contribution in [2.75, 3.05) is 11.1 Å². The molecule has 4 aromatic rings. The third-order valence-electron chi connectivity index (χ3n) is 3.62. The molecule has 3 aromatic heterocycles. The highest BCUT2D eigenvalue weighted by Gasteiger charge is 2.14. The van der Waals surface area contributed by atoms with Crippen molar-refractivity contribution in [3.8, 4) is 5.69 Å². The van der Waals surface area contributed by atoms with E-state index in [1.54, 1.807) is 39.9 Å². The molecule has 1 N–H and O–H groups in total. The maximum Gasteiger partial charge on any atom is 0.234 e. The normalized spacial score (nSPS) is 10.9. The van der Waals surface area contributed by atoms with Crippen LogP contribution in [-0.2, 0) is 11.3 Å². The molecule has 0 saturated carbocycles.